The fraction of sp³-hybridized carbons (Fsp3) is 0.562. The second-order valence-corrected chi connectivity index (χ2v) is 5.99. The van der Waals surface area contributed by atoms with Crippen LogP contribution in [0, 0.1) is 0 Å². The fourth-order valence-corrected chi connectivity index (χ4v) is 2.74. The second-order valence-electron chi connectivity index (χ2n) is 5.55. The average Bonchev–Trinajstić information content (AvgIpc) is 2.74. The van der Waals surface area contributed by atoms with Crippen LogP contribution >= 0.6 is 11.6 Å². The number of carbonyl (C=O) groups excluding carboxylic acids is 1. The van der Waals surface area contributed by atoms with E-state index in [0.717, 1.165) is 31.5 Å². The number of ether oxygens (including phenoxy) is 1. The molecule has 116 valence electrons. The van der Waals surface area contributed by atoms with Crippen molar-refractivity contribution in [2.24, 2.45) is 5.73 Å². The van der Waals surface area contributed by atoms with Crippen molar-refractivity contribution in [3.8, 4) is 5.75 Å². The smallest absolute Gasteiger partial charge is 0.260 e. The zero-order valence-corrected chi connectivity index (χ0v) is 13.2. The molecule has 1 aromatic carbocycles. The van der Waals surface area contributed by atoms with Crippen LogP contribution in [0.4, 0.5) is 0 Å². The Morgan fingerprint density at radius 1 is 1.33 bits per heavy atom. The molecule has 1 fully saturated rings. The summed E-state index contributed by atoms with van der Waals surface area (Å²) in [5.74, 6) is 0.681. The van der Waals surface area contributed by atoms with Crippen molar-refractivity contribution < 1.29 is 9.53 Å². The van der Waals surface area contributed by atoms with Gasteiger partial charge in [-0.1, -0.05) is 24.4 Å². The first kappa shape index (κ1) is 16.1. The first-order valence-corrected chi connectivity index (χ1v) is 7.91. The molecule has 1 atom stereocenters. The van der Waals surface area contributed by atoms with Gasteiger partial charge in [0.25, 0.3) is 5.91 Å². The summed E-state index contributed by atoms with van der Waals surface area (Å²) in [5.41, 5.74) is 6.74. The van der Waals surface area contributed by atoms with Gasteiger partial charge in [-0.05, 0) is 38.0 Å². The monoisotopic (exact) mass is 310 g/mol. The fourth-order valence-electron chi connectivity index (χ4n) is 2.56. The van der Waals surface area contributed by atoms with Crippen molar-refractivity contribution in [3.63, 3.8) is 0 Å². The Morgan fingerprint density at radius 3 is 2.62 bits per heavy atom. The van der Waals surface area contributed by atoms with Crippen molar-refractivity contribution >= 4 is 17.5 Å². The minimum absolute atomic E-state index is 0.0440. The number of nitrogens with two attached hydrogens (primary N) is 1. The first-order valence-electron chi connectivity index (χ1n) is 7.53. The van der Waals surface area contributed by atoms with Gasteiger partial charge in [0, 0.05) is 29.7 Å². The normalized spacial score (nSPS) is 17.2. The highest BCUT2D eigenvalue weighted by atomic mass is 35.5. The molecule has 0 radical (unpaired) electrons. The number of amides is 1. The van der Waals surface area contributed by atoms with Gasteiger partial charge in [-0.25, -0.2) is 0 Å². The van der Waals surface area contributed by atoms with Gasteiger partial charge >= 0.3 is 0 Å². The molecule has 21 heavy (non-hydrogen) atoms. The molecular weight excluding hydrogens is 288 g/mol. The lowest BCUT2D eigenvalue weighted by atomic mass is 10.1. The van der Waals surface area contributed by atoms with Crippen LogP contribution in [0.5, 0.6) is 5.75 Å². The maximum Gasteiger partial charge on any atom is 0.260 e. The third-order valence-electron chi connectivity index (χ3n) is 3.77. The maximum absolute atomic E-state index is 12.2. The third-order valence-corrected chi connectivity index (χ3v) is 4.01. The van der Waals surface area contributed by atoms with Crippen molar-refractivity contribution in [2.75, 3.05) is 19.7 Å². The number of nitrogens with zero attached hydrogens (tertiary/aromatic N) is 1. The lowest BCUT2D eigenvalue weighted by Gasteiger charge is -2.21. The van der Waals surface area contributed by atoms with Gasteiger partial charge in [-0.2, -0.15) is 0 Å². The number of hydrogen-bond donors (Lipinski definition) is 1. The molecule has 1 aromatic rings. The Bertz CT molecular complexity index is 483. The largest absolute Gasteiger partial charge is 0.483 e. The van der Waals surface area contributed by atoms with E-state index in [1.54, 1.807) is 18.2 Å². The minimum atomic E-state index is -0.188. The van der Waals surface area contributed by atoms with E-state index in [2.05, 4.69) is 0 Å². The third kappa shape index (κ3) is 4.61. The van der Waals surface area contributed by atoms with E-state index in [1.165, 1.54) is 12.8 Å². The van der Waals surface area contributed by atoms with Crippen molar-refractivity contribution in [3.05, 3.63) is 28.8 Å². The number of carbonyl (C=O) groups is 1. The number of rotatable bonds is 4. The van der Waals surface area contributed by atoms with Gasteiger partial charge in [0.05, 0.1) is 0 Å². The van der Waals surface area contributed by atoms with Crippen molar-refractivity contribution in [1.29, 1.82) is 0 Å². The van der Waals surface area contributed by atoms with E-state index in [0.29, 0.717) is 10.8 Å². The molecule has 1 saturated heterocycles. The van der Waals surface area contributed by atoms with Crippen LogP contribution in [0.2, 0.25) is 5.02 Å². The molecule has 0 aliphatic carbocycles. The molecular formula is C16H23ClN2O2. The summed E-state index contributed by atoms with van der Waals surface area (Å²) in [6, 6.07) is 5.13. The van der Waals surface area contributed by atoms with Gasteiger partial charge < -0.3 is 15.4 Å². The SMILES string of the molecule is C[C@@H](N)c1cc(Cl)ccc1OCC(=O)N1CCCCCC1. The Morgan fingerprint density at radius 2 is 2.00 bits per heavy atom. The lowest BCUT2D eigenvalue weighted by Crippen LogP contribution is -2.35. The molecule has 1 aliphatic rings. The molecule has 0 aromatic heterocycles. The predicted molar refractivity (Wildman–Crippen MR) is 84.6 cm³/mol. The zero-order valence-electron chi connectivity index (χ0n) is 12.5. The van der Waals surface area contributed by atoms with Crippen LogP contribution < -0.4 is 10.5 Å². The van der Waals surface area contributed by atoms with E-state index < -0.39 is 0 Å². The zero-order chi connectivity index (χ0) is 15.2. The predicted octanol–water partition coefficient (Wildman–Crippen LogP) is 3.14. The van der Waals surface area contributed by atoms with E-state index in [4.69, 9.17) is 22.1 Å². The molecule has 0 unspecified atom stereocenters. The molecule has 4 nitrogen and oxygen atoms in total. The highest BCUT2D eigenvalue weighted by molar-refractivity contribution is 6.30. The van der Waals surface area contributed by atoms with Gasteiger partial charge in [0.15, 0.2) is 6.61 Å². The summed E-state index contributed by atoms with van der Waals surface area (Å²) >= 11 is 5.98. The van der Waals surface area contributed by atoms with Crippen LogP contribution in [0.15, 0.2) is 18.2 Å². The van der Waals surface area contributed by atoms with Gasteiger partial charge in [-0.3, -0.25) is 4.79 Å². The van der Waals surface area contributed by atoms with Crippen LogP contribution in [0.1, 0.15) is 44.2 Å². The molecule has 2 N–H and O–H groups in total. The molecule has 0 spiro atoms. The minimum Gasteiger partial charge on any atom is -0.483 e. The highest BCUT2D eigenvalue weighted by Crippen LogP contribution is 2.27. The molecule has 2 rings (SSSR count). The summed E-state index contributed by atoms with van der Waals surface area (Å²) < 4.78 is 5.68. The van der Waals surface area contributed by atoms with E-state index in [9.17, 15) is 4.79 Å². The first-order chi connectivity index (χ1) is 10.1. The Kier molecular flexibility index (Phi) is 5.88. The Labute approximate surface area is 131 Å². The van der Waals surface area contributed by atoms with Crippen LogP contribution in [0.3, 0.4) is 0 Å². The summed E-state index contributed by atoms with van der Waals surface area (Å²) in [5, 5.41) is 0.619. The standard InChI is InChI=1S/C16H23ClN2O2/c1-12(18)14-10-13(17)6-7-15(14)21-11-16(20)19-8-4-2-3-5-9-19/h6-7,10,12H,2-5,8-9,11,18H2,1H3/t12-/m1/s1. The topological polar surface area (TPSA) is 55.6 Å². The summed E-state index contributed by atoms with van der Waals surface area (Å²) in [6.07, 6.45) is 4.57. The highest BCUT2D eigenvalue weighted by Gasteiger charge is 2.17. The number of hydrogen-bond acceptors (Lipinski definition) is 3. The van der Waals surface area contributed by atoms with Crippen LogP contribution in [-0.2, 0) is 4.79 Å². The summed E-state index contributed by atoms with van der Waals surface area (Å²) in [6.45, 7) is 3.60. The van der Waals surface area contributed by atoms with Crippen LogP contribution in [-0.4, -0.2) is 30.5 Å². The molecule has 0 saturated carbocycles. The molecule has 5 heteroatoms. The van der Waals surface area contributed by atoms with E-state index >= 15 is 0 Å². The number of likely N-dealkylation sites (tertiary alicyclic amines) is 1. The Balaban J connectivity index is 1.97. The second kappa shape index (κ2) is 7.66. The quantitative estimate of drug-likeness (QED) is 0.929. The van der Waals surface area contributed by atoms with Gasteiger partial charge in [-0.15, -0.1) is 0 Å². The average molecular weight is 311 g/mol. The van der Waals surface area contributed by atoms with E-state index in [-0.39, 0.29) is 18.6 Å². The van der Waals surface area contributed by atoms with Crippen LogP contribution in [0.25, 0.3) is 0 Å². The summed E-state index contributed by atoms with van der Waals surface area (Å²) in [4.78, 5) is 14.1. The Hall–Kier alpha value is -1.26. The lowest BCUT2D eigenvalue weighted by molar-refractivity contribution is -0.133. The van der Waals surface area contributed by atoms with E-state index in [1.807, 2.05) is 11.8 Å². The molecule has 0 bridgehead atoms. The van der Waals surface area contributed by atoms with Gasteiger partial charge in [0.1, 0.15) is 5.75 Å². The number of halogens is 1. The van der Waals surface area contributed by atoms with Crippen molar-refractivity contribution in [2.45, 2.75) is 38.6 Å². The van der Waals surface area contributed by atoms with Crippen molar-refractivity contribution in [1.82, 2.24) is 4.90 Å². The summed E-state index contributed by atoms with van der Waals surface area (Å²) in [7, 11) is 0. The van der Waals surface area contributed by atoms with Gasteiger partial charge in [0.2, 0.25) is 0 Å². The molecule has 1 amide bonds. The number of benzene rings is 1. The molecule has 1 heterocycles. The maximum atomic E-state index is 12.2. The molecule has 1 aliphatic heterocycles.